The zero-order chi connectivity index (χ0) is 31.4. The monoisotopic (exact) mass is 624 g/mol. The SMILES string of the molecule is COc1cc(C2CCCN(C[C@H](O[C@@H](CN3CCCC(c4ccc(F)c(OC)c4)C3)C(F)(F)F)C(F)(F)F)C2)ccc1F. The highest BCUT2D eigenvalue weighted by Crippen LogP contribution is 2.36. The van der Waals surface area contributed by atoms with Gasteiger partial charge in [0.1, 0.15) is 0 Å². The fourth-order valence-electron chi connectivity index (χ4n) is 5.96. The standard InChI is InChI=1S/C30H36F8N2O3/c1-41-25-13-19(7-9-23(25)31)21-5-3-11-39(15-21)17-27(29(33,34)35)43-28(30(36,37)38)18-40-12-4-6-22(16-40)20-8-10-24(32)26(14-20)42-2/h7-10,13-14,21-22,27-28H,3-6,11-12,15-18H2,1-2H3/t21?,22?,27-,28-/m0/s1. The van der Waals surface area contributed by atoms with Crippen LogP contribution in [0.1, 0.15) is 48.6 Å². The van der Waals surface area contributed by atoms with Gasteiger partial charge in [0.2, 0.25) is 0 Å². The first-order chi connectivity index (χ1) is 20.3. The number of piperidine rings is 2. The zero-order valence-corrected chi connectivity index (χ0v) is 24.0. The van der Waals surface area contributed by atoms with E-state index in [1.165, 1.54) is 60.4 Å². The molecule has 0 aliphatic carbocycles. The van der Waals surface area contributed by atoms with Crippen LogP contribution < -0.4 is 9.47 Å². The van der Waals surface area contributed by atoms with Crippen LogP contribution in [0.2, 0.25) is 0 Å². The van der Waals surface area contributed by atoms with Crippen LogP contribution in [-0.4, -0.2) is 87.8 Å². The molecule has 2 aliphatic rings. The molecule has 2 aromatic rings. The molecule has 0 amide bonds. The highest BCUT2D eigenvalue weighted by molar-refractivity contribution is 5.34. The molecule has 0 bridgehead atoms. The minimum Gasteiger partial charge on any atom is -0.494 e. The van der Waals surface area contributed by atoms with Crippen LogP contribution in [0.3, 0.4) is 0 Å². The highest BCUT2D eigenvalue weighted by atomic mass is 19.4. The number of ether oxygens (including phenoxy) is 3. The molecular weight excluding hydrogens is 588 g/mol. The summed E-state index contributed by atoms with van der Waals surface area (Å²) in [5.74, 6) is -1.60. The van der Waals surface area contributed by atoms with Crippen molar-refractivity contribution in [3.8, 4) is 11.5 Å². The maximum absolute atomic E-state index is 14.1. The Balaban J connectivity index is 1.45. The molecule has 0 aromatic heterocycles. The largest absolute Gasteiger partial charge is 0.494 e. The maximum atomic E-state index is 14.1. The third kappa shape index (κ3) is 8.72. The minimum absolute atomic E-state index is 0.0117. The van der Waals surface area contributed by atoms with E-state index in [0.29, 0.717) is 36.8 Å². The van der Waals surface area contributed by atoms with Gasteiger partial charge in [-0.1, -0.05) is 12.1 Å². The molecule has 5 nitrogen and oxygen atoms in total. The first-order valence-corrected chi connectivity index (χ1v) is 14.2. The summed E-state index contributed by atoms with van der Waals surface area (Å²) in [5.41, 5.74) is 1.36. The molecule has 4 rings (SSSR count). The van der Waals surface area contributed by atoms with E-state index in [4.69, 9.17) is 14.2 Å². The number of likely N-dealkylation sites (tertiary alicyclic amines) is 2. The van der Waals surface area contributed by atoms with Crippen molar-refractivity contribution in [3.05, 3.63) is 59.2 Å². The number of alkyl halides is 6. The van der Waals surface area contributed by atoms with Gasteiger partial charge in [0.05, 0.1) is 14.2 Å². The predicted molar refractivity (Wildman–Crippen MR) is 144 cm³/mol. The summed E-state index contributed by atoms with van der Waals surface area (Å²) in [5, 5.41) is 0. The molecule has 2 saturated heterocycles. The topological polar surface area (TPSA) is 34.2 Å². The van der Waals surface area contributed by atoms with E-state index in [-0.39, 0.29) is 49.5 Å². The third-order valence-electron chi connectivity index (χ3n) is 8.21. The smallest absolute Gasteiger partial charge is 0.415 e. The first-order valence-electron chi connectivity index (χ1n) is 14.2. The highest BCUT2D eigenvalue weighted by Gasteiger charge is 2.50. The van der Waals surface area contributed by atoms with Crippen molar-refractivity contribution in [2.24, 2.45) is 0 Å². The molecule has 13 heteroatoms. The van der Waals surface area contributed by atoms with E-state index in [1.807, 2.05) is 0 Å². The number of hydrogen-bond acceptors (Lipinski definition) is 5. The van der Waals surface area contributed by atoms with E-state index in [9.17, 15) is 35.1 Å². The van der Waals surface area contributed by atoms with E-state index >= 15 is 0 Å². The Kier molecular flexibility index (Phi) is 10.8. The normalized spacial score (nSPS) is 22.3. The molecule has 0 N–H and O–H groups in total. The van der Waals surface area contributed by atoms with Crippen LogP contribution >= 0.6 is 0 Å². The minimum atomic E-state index is -5.04. The molecule has 4 atom stereocenters. The van der Waals surface area contributed by atoms with Gasteiger partial charge in [-0.25, -0.2) is 8.78 Å². The summed E-state index contributed by atoms with van der Waals surface area (Å²) in [6.45, 7) is -0.703. The Bertz CT molecular complexity index is 1120. The summed E-state index contributed by atoms with van der Waals surface area (Å²) in [4.78, 5) is 2.91. The molecule has 2 fully saturated rings. The molecule has 0 saturated carbocycles. The fraction of sp³-hybridized carbons (Fsp3) is 0.600. The van der Waals surface area contributed by atoms with Gasteiger partial charge >= 0.3 is 12.4 Å². The first kappa shape index (κ1) is 33.3. The molecular formula is C30H36F8N2O3. The van der Waals surface area contributed by atoms with Crippen LogP contribution in [0, 0.1) is 11.6 Å². The van der Waals surface area contributed by atoms with Crippen LogP contribution in [0.4, 0.5) is 35.1 Å². The lowest BCUT2D eigenvalue weighted by molar-refractivity contribution is -0.290. The third-order valence-corrected chi connectivity index (χ3v) is 8.21. The molecule has 43 heavy (non-hydrogen) atoms. The van der Waals surface area contributed by atoms with Gasteiger partial charge in [0, 0.05) is 26.2 Å². The summed E-state index contributed by atoms with van der Waals surface area (Å²) >= 11 is 0. The van der Waals surface area contributed by atoms with Crippen molar-refractivity contribution in [3.63, 3.8) is 0 Å². The van der Waals surface area contributed by atoms with Gasteiger partial charge in [-0.2, -0.15) is 26.3 Å². The number of rotatable bonds is 10. The molecule has 2 aliphatic heterocycles. The van der Waals surface area contributed by atoms with E-state index in [2.05, 4.69) is 0 Å². The second-order valence-corrected chi connectivity index (χ2v) is 11.2. The summed E-state index contributed by atoms with van der Waals surface area (Å²) in [6, 6.07) is 8.51. The van der Waals surface area contributed by atoms with Gasteiger partial charge in [-0.15, -0.1) is 0 Å². The number of halogens is 8. The van der Waals surface area contributed by atoms with Crippen molar-refractivity contribution >= 4 is 0 Å². The Morgan fingerprint density at radius 2 is 1.09 bits per heavy atom. The van der Waals surface area contributed by atoms with Crippen molar-refractivity contribution in [1.82, 2.24) is 9.80 Å². The average Bonchev–Trinajstić information content (AvgIpc) is 2.96. The second kappa shape index (κ2) is 14.0. The van der Waals surface area contributed by atoms with Gasteiger partial charge in [-0.05, 0) is 86.0 Å². The van der Waals surface area contributed by atoms with Crippen molar-refractivity contribution in [1.29, 1.82) is 0 Å². The lowest BCUT2D eigenvalue weighted by atomic mass is 9.90. The number of nitrogens with zero attached hydrogens (tertiary/aromatic N) is 2. The van der Waals surface area contributed by atoms with Gasteiger partial charge < -0.3 is 14.2 Å². The van der Waals surface area contributed by atoms with Gasteiger partial charge in [-0.3, -0.25) is 9.80 Å². The molecule has 240 valence electrons. The van der Waals surface area contributed by atoms with E-state index < -0.39 is 49.3 Å². The fourth-order valence-corrected chi connectivity index (χ4v) is 5.96. The average molecular weight is 625 g/mol. The molecule has 2 aromatic carbocycles. The molecule has 0 radical (unpaired) electrons. The van der Waals surface area contributed by atoms with Crippen LogP contribution in [0.15, 0.2) is 36.4 Å². The van der Waals surface area contributed by atoms with Crippen LogP contribution in [-0.2, 0) is 4.74 Å². The van der Waals surface area contributed by atoms with Crippen molar-refractivity contribution in [2.75, 3.05) is 53.5 Å². The van der Waals surface area contributed by atoms with Gasteiger partial charge in [0.25, 0.3) is 0 Å². The lowest BCUT2D eigenvalue weighted by Gasteiger charge is -2.39. The Morgan fingerprint density at radius 3 is 1.44 bits per heavy atom. The summed E-state index contributed by atoms with van der Waals surface area (Å²) < 4.78 is 127. The van der Waals surface area contributed by atoms with Crippen LogP contribution in [0.5, 0.6) is 11.5 Å². The Hall–Kier alpha value is -2.64. The molecule has 2 unspecified atom stereocenters. The molecule has 2 heterocycles. The summed E-state index contributed by atoms with van der Waals surface area (Å²) in [7, 11) is 2.61. The predicted octanol–water partition coefficient (Wildman–Crippen LogP) is 6.92. The maximum Gasteiger partial charge on any atom is 0.415 e. The van der Waals surface area contributed by atoms with Crippen molar-refractivity contribution < 1.29 is 49.3 Å². The number of benzene rings is 2. The quantitative estimate of drug-likeness (QED) is 0.268. The Morgan fingerprint density at radius 1 is 0.698 bits per heavy atom. The van der Waals surface area contributed by atoms with E-state index in [1.54, 1.807) is 0 Å². The van der Waals surface area contributed by atoms with Gasteiger partial charge in [0.15, 0.2) is 35.3 Å². The second-order valence-electron chi connectivity index (χ2n) is 11.2. The lowest BCUT2D eigenvalue weighted by Crippen LogP contribution is -2.52. The van der Waals surface area contributed by atoms with E-state index in [0.717, 1.165) is 0 Å². The van der Waals surface area contributed by atoms with Crippen molar-refractivity contribution in [2.45, 2.75) is 62.1 Å². The molecule has 0 spiro atoms. The number of hydrogen-bond donors (Lipinski definition) is 0. The zero-order valence-electron chi connectivity index (χ0n) is 24.0. The number of methoxy groups -OCH3 is 2. The van der Waals surface area contributed by atoms with Crippen LogP contribution in [0.25, 0.3) is 0 Å². The Labute approximate surface area is 245 Å². The summed E-state index contributed by atoms with van der Waals surface area (Å²) in [6.07, 6.45) is -13.1.